The minimum absolute atomic E-state index is 0.0468. The van der Waals surface area contributed by atoms with Gasteiger partial charge in [-0.1, -0.05) is 32.1 Å². The number of aromatic nitrogens is 1. The van der Waals surface area contributed by atoms with Crippen LogP contribution in [0.3, 0.4) is 0 Å². The predicted octanol–water partition coefficient (Wildman–Crippen LogP) is 2.82. The fourth-order valence-electron chi connectivity index (χ4n) is 6.80. The van der Waals surface area contributed by atoms with Gasteiger partial charge in [0.2, 0.25) is 0 Å². The summed E-state index contributed by atoms with van der Waals surface area (Å²) < 4.78 is 23.8. The van der Waals surface area contributed by atoms with Crippen LogP contribution in [0.1, 0.15) is 44.6 Å². The average Bonchev–Trinajstić information content (AvgIpc) is 3.46. The third kappa shape index (κ3) is 3.90. The van der Waals surface area contributed by atoms with Gasteiger partial charge in [-0.2, -0.15) is 0 Å². The number of hydrogen-bond acceptors (Lipinski definition) is 8. The second-order valence-corrected chi connectivity index (χ2v) is 10.7. The Labute approximate surface area is 215 Å². The summed E-state index contributed by atoms with van der Waals surface area (Å²) in [5, 5.41) is 0. The van der Waals surface area contributed by atoms with Crippen LogP contribution in [-0.4, -0.2) is 65.6 Å². The van der Waals surface area contributed by atoms with Crippen molar-refractivity contribution < 1.29 is 38.1 Å². The Morgan fingerprint density at radius 2 is 1.95 bits per heavy atom. The van der Waals surface area contributed by atoms with Gasteiger partial charge in [0.05, 0.1) is 11.8 Å². The van der Waals surface area contributed by atoms with Crippen molar-refractivity contribution >= 4 is 23.5 Å². The van der Waals surface area contributed by atoms with Crippen molar-refractivity contribution in [2.24, 2.45) is 29.6 Å². The van der Waals surface area contributed by atoms with E-state index in [2.05, 4.69) is 4.98 Å². The van der Waals surface area contributed by atoms with Crippen LogP contribution in [0.2, 0.25) is 0 Å². The number of hydrogen-bond donors (Lipinski definition) is 1. The molecule has 2 aliphatic carbocycles. The standard InChI is InChI=1S/C28H33NO8/c1-13-11-14(2)28-17(12-20(34-5)27(33)35-23(13)16(4)30)8-9-18-21(28)22(31)15(3)24(25(18)37-28)36-26(32)19-7-6-10-29-19/h6-11,13,15,17-18,20-21,23-25,29H,12H2,1-5H3/b14-11+/t13-,15-,17-,18-,20+,21+,23+,24-,25-,28+/m1/s1. The Hall–Kier alpha value is -3.04. The summed E-state index contributed by atoms with van der Waals surface area (Å²) in [5.74, 6) is -3.70. The van der Waals surface area contributed by atoms with E-state index >= 15 is 0 Å². The molecule has 0 unspecified atom stereocenters. The molecule has 4 aliphatic rings. The minimum Gasteiger partial charge on any atom is -0.454 e. The molecule has 1 spiro atoms. The van der Waals surface area contributed by atoms with Crippen LogP contribution in [0.15, 0.2) is 42.1 Å². The first-order chi connectivity index (χ1) is 17.6. The summed E-state index contributed by atoms with van der Waals surface area (Å²) in [7, 11) is 1.42. The number of Topliss-reactive ketones (excluding diaryl/α,β-unsaturated/α-hetero) is 2. The van der Waals surface area contributed by atoms with Crippen molar-refractivity contribution in [2.75, 3.05) is 7.11 Å². The predicted molar refractivity (Wildman–Crippen MR) is 130 cm³/mol. The zero-order valence-corrected chi connectivity index (χ0v) is 21.6. The van der Waals surface area contributed by atoms with E-state index in [0.717, 1.165) is 5.57 Å². The molecule has 10 atom stereocenters. The topological polar surface area (TPSA) is 121 Å². The fourth-order valence-corrected chi connectivity index (χ4v) is 6.80. The van der Waals surface area contributed by atoms with Gasteiger partial charge in [0.25, 0.3) is 0 Å². The molecule has 1 aromatic rings. The summed E-state index contributed by atoms with van der Waals surface area (Å²) >= 11 is 0. The summed E-state index contributed by atoms with van der Waals surface area (Å²) in [5.41, 5.74) is 0.0324. The summed E-state index contributed by atoms with van der Waals surface area (Å²) in [6.45, 7) is 6.87. The van der Waals surface area contributed by atoms with Gasteiger partial charge in [-0.3, -0.25) is 9.59 Å². The zero-order valence-electron chi connectivity index (χ0n) is 21.6. The molecule has 198 valence electrons. The molecule has 4 bridgehead atoms. The molecular formula is C28H33NO8. The number of carbonyl (C=O) groups is 4. The lowest BCUT2D eigenvalue weighted by Crippen LogP contribution is -2.55. The third-order valence-electron chi connectivity index (χ3n) is 8.57. The van der Waals surface area contributed by atoms with Crippen molar-refractivity contribution in [3.63, 3.8) is 0 Å². The van der Waals surface area contributed by atoms with Crippen molar-refractivity contribution in [3.8, 4) is 0 Å². The van der Waals surface area contributed by atoms with Crippen molar-refractivity contribution in [3.05, 3.63) is 47.8 Å². The normalized spacial score (nSPS) is 42.3. The summed E-state index contributed by atoms with van der Waals surface area (Å²) in [6, 6.07) is 3.32. The molecule has 37 heavy (non-hydrogen) atoms. The van der Waals surface area contributed by atoms with Crippen LogP contribution in [0.4, 0.5) is 0 Å². The van der Waals surface area contributed by atoms with Crippen molar-refractivity contribution in [1.29, 1.82) is 0 Å². The van der Waals surface area contributed by atoms with E-state index in [1.807, 2.05) is 25.2 Å². The lowest BCUT2D eigenvalue weighted by molar-refractivity contribution is -0.169. The maximum absolute atomic E-state index is 14.0. The molecule has 2 fully saturated rings. The highest BCUT2D eigenvalue weighted by Crippen LogP contribution is 2.60. The molecule has 0 radical (unpaired) electrons. The number of aromatic amines is 1. The highest BCUT2D eigenvalue weighted by molar-refractivity contribution is 5.91. The van der Waals surface area contributed by atoms with Gasteiger partial charge in [0.15, 0.2) is 18.0 Å². The summed E-state index contributed by atoms with van der Waals surface area (Å²) in [6.07, 6.45) is 4.43. The zero-order chi connectivity index (χ0) is 26.6. The van der Waals surface area contributed by atoms with Gasteiger partial charge >= 0.3 is 11.9 Å². The maximum atomic E-state index is 14.0. The fraction of sp³-hybridized carbons (Fsp3) is 0.571. The highest BCUT2D eigenvalue weighted by atomic mass is 16.6. The van der Waals surface area contributed by atoms with E-state index < -0.39 is 59.7 Å². The first-order valence-corrected chi connectivity index (χ1v) is 12.8. The van der Waals surface area contributed by atoms with Crippen LogP contribution < -0.4 is 0 Å². The number of ketones is 2. The Balaban J connectivity index is 1.59. The highest BCUT2D eigenvalue weighted by Gasteiger charge is 2.69. The van der Waals surface area contributed by atoms with Crippen LogP contribution in [0.5, 0.6) is 0 Å². The van der Waals surface area contributed by atoms with E-state index in [4.69, 9.17) is 18.9 Å². The van der Waals surface area contributed by atoms with Crippen LogP contribution in [0.25, 0.3) is 0 Å². The van der Waals surface area contributed by atoms with E-state index in [9.17, 15) is 19.2 Å². The number of carbonyl (C=O) groups excluding carboxylic acids is 4. The monoisotopic (exact) mass is 511 g/mol. The van der Waals surface area contributed by atoms with E-state index in [-0.39, 0.29) is 29.8 Å². The number of nitrogens with one attached hydrogen (secondary N) is 1. The second kappa shape index (κ2) is 9.36. The lowest BCUT2D eigenvalue weighted by Gasteiger charge is -2.45. The minimum atomic E-state index is -1.06. The van der Waals surface area contributed by atoms with Gasteiger partial charge in [-0.15, -0.1) is 0 Å². The van der Waals surface area contributed by atoms with Crippen LogP contribution in [0, 0.1) is 29.6 Å². The molecule has 1 saturated heterocycles. The van der Waals surface area contributed by atoms with Gasteiger partial charge in [0.1, 0.15) is 29.3 Å². The van der Waals surface area contributed by atoms with Gasteiger partial charge < -0.3 is 23.9 Å². The molecule has 9 heteroatoms. The molecular weight excluding hydrogens is 478 g/mol. The van der Waals surface area contributed by atoms with E-state index in [0.29, 0.717) is 5.69 Å². The lowest BCUT2D eigenvalue weighted by atomic mass is 9.58. The largest absolute Gasteiger partial charge is 0.454 e. The SMILES string of the molecule is CO[C@H]1C[C@H]2C=C[C@H]3[C@H]4O[C@]2(/C(C)=C/[C@@H](C)[C@@H](C(C)=O)OC1=O)[C@@H]3C(=O)[C@@H](C)[C@H]4OC(=O)c1ccc[nH]1. The molecule has 1 N–H and O–H groups in total. The Bertz CT molecular complexity index is 1170. The van der Waals surface area contributed by atoms with Gasteiger partial charge in [0, 0.05) is 31.1 Å². The van der Waals surface area contributed by atoms with E-state index in [1.165, 1.54) is 14.0 Å². The Morgan fingerprint density at radius 1 is 1.19 bits per heavy atom. The average molecular weight is 512 g/mol. The Kier molecular flexibility index (Phi) is 6.48. The van der Waals surface area contributed by atoms with Gasteiger partial charge in [-0.25, -0.2) is 9.59 Å². The van der Waals surface area contributed by atoms with Crippen molar-refractivity contribution in [2.45, 2.75) is 64.1 Å². The molecule has 0 aromatic carbocycles. The molecule has 9 nitrogen and oxygen atoms in total. The molecule has 3 heterocycles. The number of esters is 2. The number of cyclic esters (lactones) is 1. The number of ether oxygens (including phenoxy) is 4. The number of rotatable bonds is 4. The number of H-pyrrole nitrogens is 1. The van der Waals surface area contributed by atoms with Crippen LogP contribution >= 0.6 is 0 Å². The molecule has 1 saturated carbocycles. The van der Waals surface area contributed by atoms with E-state index in [1.54, 1.807) is 32.2 Å². The van der Waals surface area contributed by atoms with Crippen LogP contribution in [-0.2, 0) is 33.3 Å². The molecule has 1 aromatic heterocycles. The molecule has 0 amide bonds. The van der Waals surface area contributed by atoms with Gasteiger partial charge in [-0.05, 0) is 38.0 Å². The quantitative estimate of drug-likeness (QED) is 0.484. The molecule has 5 rings (SSSR count). The summed E-state index contributed by atoms with van der Waals surface area (Å²) in [4.78, 5) is 55.0. The first-order valence-electron chi connectivity index (χ1n) is 12.8. The maximum Gasteiger partial charge on any atom is 0.355 e. The number of methoxy groups -OCH3 is 1. The second-order valence-electron chi connectivity index (χ2n) is 10.7. The third-order valence-corrected chi connectivity index (χ3v) is 8.57. The Morgan fingerprint density at radius 3 is 2.59 bits per heavy atom. The molecule has 2 aliphatic heterocycles. The first kappa shape index (κ1) is 25.6. The smallest absolute Gasteiger partial charge is 0.355 e. The van der Waals surface area contributed by atoms with Crippen molar-refractivity contribution in [1.82, 2.24) is 4.98 Å².